The number of likely N-dealkylation sites (tertiary alicyclic amines) is 1. The lowest BCUT2D eigenvalue weighted by atomic mass is 10.1. The molecule has 2 aliphatic rings. The maximum atomic E-state index is 14.1. The van der Waals surface area contributed by atoms with Crippen molar-refractivity contribution in [1.82, 2.24) is 29.3 Å². The average molecular weight is 1250 g/mol. The fourth-order valence-electron chi connectivity index (χ4n) is 10.7. The van der Waals surface area contributed by atoms with Crippen molar-refractivity contribution >= 4 is 23.7 Å². The van der Waals surface area contributed by atoms with Crippen LogP contribution in [-0.2, 0) is 42.4 Å². The highest BCUT2D eigenvalue weighted by atomic mass is 16.6. The van der Waals surface area contributed by atoms with E-state index in [4.69, 9.17) is 53.0 Å². The number of rotatable bonds is 22. The lowest BCUT2D eigenvalue weighted by molar-refractivity contribution is -0.134. The highest BCUT2D eigenvalue weighted by Gasteiger charge is 2.29. The second kappa shape index (κ2) is 33.3. The molecule has 2 unspecified atom stereocenters. The van der Waals surface area contributed by atoms with Crippen molar-refractivity contribution in [1.29, 1.82) is 0 Å². The van der Waals surface area contributed by atoms with Gasteiger partial charge in [-0.1, -0.05) is 115 Å². The zero-order valence-electron chi connectivity index (χ0n) is 52.4. The first kappa shape index (κ1) is 65.8. The van der Waals surface area contributed by atoms with Crippen molar-refractivity contribution in [3.05, 3.63) is 237 Å². The van der Waals surface area contributed by atoms with Gasteiger partial charge in [-0.05, 0) is 97.4 Å². The number of anilines is 2. The van der Waals surface area contributed by atoms with Crippen LogP contribution in [0.4, 0.5) is 16.4 Å². The number of para-hydroxylation sites is 2. The number of benzene rings is 7. The summed E-state index contributed by atoms with van der Waals surface area (Å²) in [5.41, 5.74) is 7.12. The molecular weight excluding hydrogens is 1170 g/mol. The number of carboxylic acid groups (broad SMARTS) is 1. The van der Waals surface area contributed by atoms with Crippen LogP contribution in [0.1, 0.15) is 72.5 Å². The van der Waals surface area contributed by atoms with E-state index < -0.39 is 12.1 Å². The number of aliphatic carboxylic acids is 1. The van der Waals surface area contributed by atoms with E-state index in [0.717, 1.165) is 78.2 Å². The van der Waals surface area contributed by atoms with E-state index in [-0.39, 0.29) is 48.0 Å². The Kier molecular flexibility index (Phi) is 23.8. The summed E-state index contributed by atoms with van der Waals surface area (Å²) in [5, 5.41) is 17.4. The standard InChI is InChI=1S/C39H40N4O6.C31H34N4O4.C2H4O2/c1-46-32-20-19-30(36(22-32)47-2)23-40-37-38(44)43(31-16-11-21-42(24-31)39(45)49-27-29-14-7-4-8-15-29)25-34(41-37)33-17-9-10-18-35(33)48-26-28-12-5-3-6-13-28;1-37-25-15-14-23(29(17-25)38-2)18-33-30-31(36)35(24-11-8-16-32-19-24)20-27(34-30)26-12-6-7-13-28(26)39-21-22-9-4-3-5-10-22;1-2(3)4/h3-10,12-15,17-20,22,25,31H,11,16,21,23-24,26-27H2,1-2H3,(H,40,41);3-7,9-10,12-15,17,20,24,32H,8,11,16,18-19,21H2,1-2H3,(H,33,34);1H3,(H,3,4). The summed E-state index contributed by atoms with van der Waals surface area (Å²) in [6.45, 7) is 5.31. The van der Waals surface area contributed by atoms with Gasteiger partial charge in [0.05, 0.1) is 45.9 Å². The molecule has 11 rings (SSSR count). The fourth-order valence-corrected chi connectivity index (χ4v) is 10.7. The van der Waals surface area contributed by atoms with Crippen LogP contribution in [0.3, 0.4) is 0 Å². The fraction of sp³-hybridized carbons (Fsp3) is 0.278. The van der Waals surface area contributed by atoms with Crippen LogP contribution >= 0.6 is 0 Å². The third kappa shape index (κ3) is 18.1. The minimum atomic E-state index is -0.833. The number of nitrogens with zero attached hydrogens (tertiary/aromatic N) is 5. The van der Waals surface area contributed by atoms with Gasteiger partial charge in [-0.3, -0.25) is 14.4 Å². The first-order chi connectivity index (χ1) is 44.9. The molecule has 0 saturated carbocycles. The van der Waals surface area contributed by atoms with E-state index in [0.29, 0.717) is 85.2 Å². The molecule has 0 radical (unpaired) electrons. The molecule has 0 bridgehead atoms. The van der Waals surface area contributed by atoms with Gasteiger partial charge in [-0.2, -0.15) is 0 Å². The van der Waals surface area contributed by atoms with E-state index >= 15 is 0 Å². The van der Waals surface area contributed by atoms with Crippen molar-refractivity contribution in [2.75, 3.05) is 65.3 Å². The SMILES string of the molecule is CC(=O)O.COc1ccc(CNc2nc(-c3ccccc3OCc3ccccc3)cn(C3CCCN(C(=O)OCc4ccccc4)C3)c2=O)c(OC)c1.COc1ccc(CNc2nc(-c3ccccc3OCc3ccccc3)cn(C3CCCNC3)c2=O)c(OC)c1. The van der Waals surface area contributed by atoms with Gasteiger partial charge in [0.1, 0.15) is 54.3 Å². The van der Waals surface area contributed by atoms with Gasteiger partial charge in [0.2, 0.25) is 0 Å². The zero-order valence-corrected chi connectivity index (χ0v) is 52.4. The second-order valence-corrected chi connectivity index (χ2v) is 21.8. The molecule has 0 aliphatic carbocycles. The van der Waals surface area contributed by atoms with Crippen LogP contribution in [0.2, 0.25) is 0 Å². The van der Waals surface area contributed by atoms with Crippen molar-refractivity contribution in [2.45, 2.75) is 77.6 Å². The predicted molar refractivity (Wildman–Crippen MR) is 354 cm³/mol. The van der Waals surface area contributed by atoms with Gasteiger partial charge in [0.15, 0.2) is 11.6 Å². The average Bonchev–Trinajstić information content (AvgIpc) is 0.895. The summed E-state index contributed by atoms with van der Waals surface area (Å²) in [7, 11) is 6.43. The number of amides is 1. The molecule has 2 fully saturated rings. The normalized spacial score (nSPS) is 14.2. The summed E-state index contributed by atoms with van der Waals surface area (Å²) >= 11 is 0. The zero-order chi connectivity index (χ0) is 64.6. The van der Waals surface area contributed by atoms with Crippen LogP contribution < -0.4 is 55.5 Å². The summed E-state index contributed by atoms with van der Waals surface area (Å²) in [6, 6.07) is 55.9. The van der Waals surface area contributed by atoms with E-state index in [1.54, 1.807) is 50.2 Å². The molecule has 478 valence electrons. The van der Waals surface area contributed by atoms with Crippen LogP contribution in [0.15, 0.2) is 198 Å². The van der Waals surface area contributed by atoms with E-state index in [1.807, 2.05) is 181 Å². The topological polar surface area (TPSA) is 228 Å². The molecule has 7 aromatic carbocycles. The maximum Gasteiger partial charge on any atom is 0.410 e. The van der Waals surface area contributed by atoms with Crippen LogP contribution in [-0.4, -0.2) is 95.8 Å². The third-order valence-corrected chi connectivity index (χ3v) is 15.5. The summed E-state index contributed by atoms with van der Waals surface area (Å²) in [4.78, 5) is 61.2. The molecule has 92 heavy (non-hydrogen) atoms. The van der Waals surface area contributed by atoms with Crippen molar-refractivity contribution in [3.8, 4) is 57.0 Å². The quantitative estimate of drug-likeness (QED) is 0.0494. The lowest BCUT2D eigenvalue weighted by Crippen LogP contribution is -2.43. The number of carbonyl (C=O) groups excluding carboxylic acids is 1. The van der Waals surface area contributed by atoms with E-state index in [9.17, 15) is 14.4 Å². The summed E-state index contributed by atoms with van der Waals surface area (Å²) in [6.07, 6.45) is 6.60. The van der Waals surface area contributed by atoms with Crippen LogP contribution in [0.5, 0.6) is 34.5 Å². The number of carbonyl (C=O) groups is 2. The maximum absolute atomic E-state index is 14.1. The Morgan fingerprint density at radius 3 is 1.42 bits per heavy atom. The number of methoxy groups -OCH3 is 4. The van der Waals surface area contributed by atoms with Crippen LogP contribution in [0.25, 0.3) is 22.5 Å². The number of piperidine rings is 2. The number of hydrogen-bond acceptors (Lipinski definition) is 16. The molecule has 0 spiro atoms. The minimum absolute atomic E-state index is 0.0430. The number of ether oxygens (including phenoxy) is 7. The highest BCUT2D eigenvalue weighted by molar-refractivity contribution is 5.70. The molecule has 20 nitrogen and oxygen atoms in total. The molecule has 4 heterocycles. The van der Waals surface area contributed by atoms with Gasteiger partial charge in [-0.25, -0.2) is 14.8 Å². The Balaban J connectivity index is 0.000000210. The van der Waals surface area contributed by atoms with Crippen LogP contribution in [0, 0.1) is 0 Å². The number of carboxylic acids is 1. The number of nitrogens with one attached hydrogen (secondary N) is 3. The Morgan fingerprint density at radius 2 is 0.978 bits per heavy atom. The second-order valence-electron chi connectivity index (χ2n) is 21.8. The Hall–Kier alpha value is -10.6. The Labute approximate surface area is 535 Å². The van der Waals surface area contributed by atoms with Gasteiger partial charge < -0.3 is 68.2 Å². The molecule has 2 aromatic heterocycles. The van der Waals surface area contributed by atoms with Gasteiger partial charge >= 0.3 is 6.09 Å². The molecule has 9 aromatic rings. The Bertz CT molecular complexity index is 3970. The van der Waals surface area contributed by atoms with Gasteiger partial charge in [0, 0.05) is 92.5 Å². The smallest absolute Gasteiger partial charge is 0.410 e. The largest absolute Gasteiger partial charge is 0.497 e. The number of aromatic nitrogens is 4. The summed E-state index contributed by atoms with van der Waals surface area (Å²) < 4.78 is 43.5. The molecule has 2 atom stereocenters. The van der Waals surface area contributed by atoms with Crippen molar-refractivity contribution in [3.63, 3.8) is 0 Å². The monoisotopic (exact) mass is 1250 g/mol. The molecule has 1 amide bonds. The van der Waals surface area contributed by atoms with Crippen molar-refractivity contribution in [2.24, 2.45) is 0 Å². The molecule has 2 aliphatic heterocycles. The summed E-state index contributed by atoms with van der Waals surface area (Å²) in [5.74, 6) is 3.65. The first-order valence-electron chi connectivity index (χ1n) is 30.5. The molecular formula is C72H78N8O12. The first-order valence-corrected chi connectivity index (χ1v) is 30.5. The Morgan fingerprint density at radius 1 is 0.543 bits per heavy atom. The molecule has 4 N–H and O–H groups in total. The lowest BCUT2D eigenvalue weighted by Gasteiger charge is -2.33. The van der Waals surface area contributed by atoms with Gasteiger partial charge in [-0.15, -0.1) is 0 Å². The predicted octanol–water partition coefficient (Wildman–Crippen LogP) is 12.2. The molecule has 20 heteroatoms. The molecule has 2 saturated heterocycles. The van der Waals surface area contributed by atoms with E-state index in [2.05, 4.69) is 16.0 Å². The minimum Gasteiger partial charge on any atom is -0.497 e. The van der Waals surface area contributed by atoms with Gasteiger partial charge in [0.25, 0.3) is 17.1 Å². The van der Waals surface area contributed by atoms with Crippen molar-refractivity contribution < 1.29 is 47.9 Å². The van der Waals surface area contributed by atoms with E-state index in [1.165, 1.54) is 0 Å². The number of hydrogen-bond donors (Lipinski definition) is 4. The third-order valence-electron chi connectivity index (χ3n) is 15.5. The highest BCUT2D eigenvalue weighted by Crippen LogP contribution is 2.34.